The van der Waals surface area contributed by atoms with Crippen LogP contribution in [0.2, 0.25) is 0 Å². The lowest BCUT2D eigenvalue weighted by Crippen LogP contribution is -2.36. The van der Waals surface area contributed by atoms with Crippen LogP contribution in [0.15, 0.2) is 18.3 Å². The number of nitrogens with one attached hydrogen (secondary N) is 1. The first kappa shape index (κ1) is 11.6. The van der Waals surface area contributed by atoms with Crippen molar-refractivity contribution in [3.8, 4) is 0 Å². The molecule has 0 aromatic carbocycles. The molecule has 1 saturated heterocycles. The molecule has 2 aromatic rings. The highest BCUT2D eigenvalue weighted by molar-refractivity contribution is 5.71. The van der Waals surface area contributed by atoms with Gasteiger partial charge in [-0.3, -0.25) is 0 Å². The van der Waals surface area contributed by atoms with Gasteiger partial charge in [-0.25, -0.2) is 9.97 Å². The Morgan fingerprint density at radius 1 is 1.56 bits per heavy atom. The standard InChI is InChI=1S/C13H18N4O/c1-2-7-17-12-10(4-3-5-15-12)16-13(17)11-9-18-8-6-14-11/h3-5,11,14H,2,6-9H2,1H3. The van der Waals surface area contributed by atoms with E-state index in [1.165, 1.54) is 0 Å². The van der Waals surface area contributed by atoms with Crippen molar-refractivity contribution >= 4 is 11.2 Å². The number of ether oxygens (including phenoxy) is 1. The zero-order valence-corrected chi connectivity index (χ0v) is 10.6. The number of rotatable bonds is 3. The van der Waals surface area contributed by atoms with E-state index in [1.807, 2.05) is 18.3 Å². The Kier molecular flexibility index (Phi) is 3.25. The fourth-order valence-electron chi connectivity index (χ4n) is 2.42. The number of aryl methyl sites for hydroxylation is 1. The van der Waals surface area contributed by atoms with E-state index >= 15 is 0 Å². The number of morpholine rings is 1. The van der Waals surface area contributed by atoms with E-state index in [9.17, 15) is 0 Å². The Hall–Kier alpha value is -1.46. The second-order valence-corrected chi connectivity index (χ2v) is 4.55. The Morgan fingerprint density at radius 2 is 2.50 bits per heavy atom. The Balaban J connectivity index is 2.05. The van der Waals surface area contributed by atoms with Gasteiger partial charge in [-0.2, -0.15) is 0 Å². The van der Waals surface area contributed by atoms with Crippen molar-refractivity contribution < 1.29 is 4.74 Å². The van der Waals surface area contributed by atoms with Gasteiger partial charge in [0.05, 0.1) is 19.3 Å². The Morgan fingerprint density at radius 3 is 3.28 bits per heavy atom. The zero-order valence-electron chi connectivity index (χ0n) is 10.6. The lowest BCUT2D eigenvalue weighted by molar-refractivity contribution is 0.0732. The van der Waals surface area contributed by atoms with Gasteiger partial charge in [-0.1, -0.05) is 6.92 Å². The summed E-state index contributed by atoms with van der Waals surface area (Å²) in [7, 11) is 0. The Labute approximate surface area is 106 Å². The molecule has 3 heterocycles. The average Bonchev–Trinajstić information content (AvgIpc) is 2.80. The summed E-state index contributed by atoms with van der Waals surface area (Å²) in [6, 6.07) is 4.13. The molecule has 5 nitrogen and oxygen atoms in total. The van der Waals surface area contributed by atoms with Crippen LogP contribution in [0, 0.1) is 0 Å². The molecule has 2 aromatic heterocycles. The molecule has 5 heteroatoms. The van der Waals surface area contributed by atoms with Gasteiger partial charge in [-0.15, -0.1) is 0 Å². The lowest BCUT2D eigenvalue weighted by Gasteiger charge is -2.24. The summed E-state index contributed by atoms with van der Waals surface area (Å²) in [6.07, 6.45) is 2.90. The molecule has 96 valence electrons. The monoisotopic (exact) mass is 246 g/mol. The minimum Gasteiger partial charge on any atom is -0.378 e. The average molecular weight is 246 g/mol. The van der Waals surface area contributed by atoms with E-state index in [4.69, 9.17) is 9.72 Å². The lowest BCUT2D eigenvalue weighted by atomic mass is 10.2. The quantitative estimate of drug-likeness (QED) is 0.891. The van der Waals surface area contributed by atoms with Gasteiger partial charge in [0.15, 0.2) is 5.65 Å². The van der Waals surface area contributed by atoms with Crippen LogP contribution in [0.25, 0.3) is 11.2 Å². The molecule has 0 amide bonds. The molecule has 0 bridgehead atoms. The number of aromatic nitrogens is 3. The highest BCUT2D eigenvalue weighted by Crippen LogP contribution is 2.21. The molecule has 3 rings (SSSR count). The fourth-order valence-corrected chi connectivity index (χ4v) is 2.42. The number of fused-ring (bicyclic) bond motifs is 1. The number of hydrogen-bond donors (Lipinski definition) is 1. The normalized spacial score (nSPS) is 20.4. The Bertz CT molecular complexity index is 531. The first-order valence-corrected chi connectivity index (χ1v) is 6.52. The number of imidazole rings is 1. The third-order valence-electron chi connectivity index (χ3n) is 3.21. The van der Waals surface area contributed by atoms with Gasteiger partial charge in [-0.05, 0) is 18.6 Å². The van der Waals surface area contributed by atoms with E-state index in [-0.39, 0.29) is 6.04 Å². The molecule has 1 unspecified atom stereocenters. The predicted octanol–water partition coefficient (Wildman–Crippen LogP) is 1.50. The molecular weight excluding hydrogens is 228 g/mol. The van der Waals surface area contributed by atoms with Gasteiger partial charge in [0.1, 0.15) is 11.3 Å². The molecule has 0 aliphatic carbocycles. The molecule has 0 saturated carbocycles. The summed E-state index contributed by atoms with van der Waals surface area (Å²) >= 11 is 0. The van der Waals surface area contributed by atoms with E-state index < -0.39 is 0 Å². The maximum atomic E-state index is 5.53. The second-order valence-electron chi connectivity index (χ2n) is 4.55. The van der Waals surface area contributed by atoms with Crippen LogP contribution >= 0.6 is 0 Å². The largest absolute Gasteiger partial charge is 0.378 e. The molecule has 1 aliphatic rings. The number of hydrogen-bond acceptors (Lipinski definition) is 4. The highest BCUT2D eigenvalue weighted by atomic mass is 16.5. The third-order valence-corrected chi connectivity index (χ3v) is 3.21. The topological polar surface area (TPSA) is 52.0 Å². The molecule has 0 spiro atoms. The van der Waals surface area contributed by atoms with Gasteiger partial charge in [0.25, 0.3) is 0 Å². The smallest absolute Gasteiger partial charge is 0.160 e. The van der Waals surface area contributed by atoms with Crippen LogP contribution < -0.4 is 5.32 Å². The van der Waals surface area contributed by atoms with Crippen molar-refractivity contribution in [2.75, 3.05) is 19.8 Å². The van der Waals surface area contributed by atoms with Crippen LogP contribution in [0.3, 0.4) is 0 Å². The molecule has 0 radical (unpaired) electrons. The maximum absolute atomic E-state index is 5.53. The molecule has 18 heavy (non-hydrogen) atoms. The van der Waals surface area contributed by atoms with Gasteiger partial charge in [0.2, 0.25) is 0 Å². The van der Waals surface area contributed by atoms with Crippen LogP contribution in [0.5, 0.6) is 0 Å². The van der Waals surface area contributed by atoms with Crippen LogP contribution in [0.4, 0.5) is 0 Å². The summed E-state index contributed by atoms with van der Waals surface area (Å²) in [5.41, 5.74) is 1.94. The van der Waals surface area contributed by atoms with Gasteiger partial charge in [0, 0.05) is 19.3 Å². The van der Waals surface area contributed by atoms with Gasteiger partial charge < -0.3 is 14.6 Å². The van der Waals surface area contributed by atoms with Crippen molar-refractivity contribution in [2.45, 2.75) is 25.9 Å². The summed E-state index contributed by atoms with van der Waals surface area (Å²) in [4.78, 5) is 9.16. The fraction of sp³-hybridized carbons (Fsp3) is 0.538. The van der Waals surface area contributed by atoms with Crippen LogP contribution in [-0.4, -0.2) is 34.3 Å². The van der Waals surface area contributed by atoms with Crippen LogP contribution in [-0.2, 0) is 11.3 Å². The minimum absolute atomic E-state index is 0.180. The van der Waals surface area contributed by atoms with Crippen molar-refractivity contribution in [1.29, 1.82) is 0 Å². The SMILES string of the molecule is CCCn1c(C2COCCN2)nc2cccnc21. The minimum atomic E-state index is 0.180. The van der Waals surface area contributed by atoms with E-state index in [0.29, 0.717) is 6.61 Å². The summed E-state index contributed by atoms with van der Waals surface area (Å²) in [5, 5.41) is 3.46. The van der Waals surface area contributed by atoms with E-state index in [2.05, 4.69) is 21.8 Å². The summed E-state index contributed by atoms with van der Waals surface area (Å²) in [6.45, 7) is 5.47. The molecule has 1 fully saturated rings. The van der Waals surface area contributed by atoms with Crippen molar-refractivity contribution in [2.24, 2.45) is 0 Å². The summed E-state index contributed by atoms with van der Waals surface area (Å²) < 4.78 is 7.74. The number of pyridine rings is 1. The molecular formula is C13H18N4O. The van der Waals surface area contributed by atoms with Crippen molar-refractivity contribution in [3.63, 3.8) is 0 Å². The van der Waals surface area contributed by atoms with Crippen molar-refractivity contribution in [1.82, 2.24) is 19.9 Å². The second kappa shape index (κ2) is 5.04. The zero-order chi connectivity index (χ0) is 12.4. The third kappa shape index (κ3) is 2.00. The maximum Gasteiger partial charge on any atom is 0.160 e. The first-order chi connectivity index (χ1) is 8.90. The van der Waals surface area contributed by atoms with Crippen LogP contribution in [0.1, 0.15) is 25.2 Å². The highest BCUT2D eigenvalue weighted by Gasteiger charge is 2.22. The van der Waals surface area contributed by atoms with E-state index in [0.717, 1.165) is 43.1 Å². The number of nitrogens with zero attached hydrogens (tertiary/aromatic N) is 3. The first-order valence-electron chi connectivity index (χ1n) is 6.52. The van der Waals surface area contributed by atoms with Gasteiger partial charge >= 0.3 is 0 Å². The summed E-state index contributed by atoms with van der Waals surface area (Å²) in [5.74, 6) is 1.05. The molecule has 1 N–H and O–H groups in total. The van der Waals surface area contributed by atoms with Crippen molar-refractivity contribution in [3.05, 3.63) is 24.2 Å². The molecule has 1 aliphatic heterocycles. The van der Waals surface area contributed by atoms with E-state index in [1.54, 1.807) is 0 Å². The predicted molar refractivity (Wildman–Crippen MR) is 69.4 cm³/mol. The molecule has 1 atom stereocenters.